The summed E-state index contributed by atoms with van der Waals surface area (Å²) < 4.78 is 268. The molecule has 48 N–H and O–H groups in total. The van der Waals surface area contributed by atoms with Gasteiger partial charge in [0.15, 0.2) is 0 Å². The molecule has 0 atom stereocenters. The van der Waals surface area contributed by atoms with Crippen molar-refractivity contribution in [2.45, 2.75) is 25.7 Å². The Morgan fingerprint density at radius 3 is 0.271 bits per heavy atom. The molecule has 0 aliphatic heterocycles. The second-order valence-corrected chi connectivity index (χ2v) is 14.3. The van der Waals surface area contributed by atoms with E-state index < -0.39 is 83.2 Å². The molecule has 0 aromatic rings. The van der Waals surface area contributed by atoms with Crippen molar-refractivity contribution in [1.29, 1.82) is 0 Å². The summed E-state index contributed by atoms with van der Waals surface area (Å²) in [5, 5.41) is 0. The van der Waals surface area contributed by atoms with E-state index in [1.807, 2.05) is 0 Å². The second-order valence-electron chi connectivity index (χ2n) is 7.59. The monoisotopic (exact) mass is 1350 g/mol. The fourth-order valence-electron chi connectivity index (χ4n) is 0.707. The van der Waals surface area contributed by atoms with Gasteiger partial charge >= 0.3 is 34.1 Å². The van der Waals surface area contributed by atoms with Crippen LogP contribution in [0, 0.1) is 0 Å². The minimum Gasteiger partial charge on any atom is -0.759 e. The van der Waals surface area contributed by atoms with Crippen molar-refractivity contribution < 1.29 is 264 Å². The molecule has 0 saturated carbocycles. The predicted octanol–water partition coefficient (Wildman–Crippen LogP) is -24.9. The number of hydrogen-bond acceptors (Lipinski definition) is 28. The van der Waals surface area contributed by atoms with Crippen molar-refractivity contribution in [2.75, 3.05) is 52.4 Å². The summed E-state index contributed by atoms with van der Waals surface area (Å²) in [6.45, 7) is 8.25. The van der Waals surface area contributed by atoms with Gasteiger partial charge in [-0.05, 0) is 0 Å². The van der Waals surface area contributed by atoms with Gasteiger partial charge in [-0.3, -0.25) is 51.9 Å². The molecule has 0 heterocycles. The molecule has 48 nitrogen and oxygen atoms in total. The van der Waals surface area contributed by atoms with Crippen molar-refractivity contribution in [2.24, 2.45) is 0 Å². The SMILES string of the molecule is O.O.O.O.O=S(=O)([O-])O.O=S(=O)([O-])O.O=S(=O)([O-])O.O=S(=O)([O-])O.O=S(=O)([O-])[O-].O=S(=O)([O-])[O-].O=S(=O)([O-])[O-].O=S(=O)([O-])[O-].[Cu+2].[Cu+2].[NH3+]CCC[NH3+].[NH3+]CCC[NH3+].[NH3+]CCC[NH3+].[NH3+]CCC[NH3+].[OH3+].[OH3+].[OH3+].[OH3+]. The van der Waals surface area contributed by atoms with E-state index in [9.17, 15) is 0 Å². The van der Waals surface area contributed by atoms with Crippen LogP contribution >= 0.6 is 0 Å². The summed E-state index contributed by atoms with van der Waals surface area (Å²) in [5.74, 6) is 0. The van der Waals surface area contributed by atoms with E-state index in [0.717, 1.165) is 52.4 Å². The van der Waals surface area contributed by atoms with Gasteiger partial charge in [0.1, 0.15) is 0 Å². The number of rotatable bonds is 8. The average molecular weight is 1350 g/mol. The Hall–Kier alpha value is -0.641. The Morgan fingerprint density at radius 1 is 0.243 bits per heavy atom. The zero-order valence-electron chi connectivity index (χ0n) is 35.5. The topological polar surface area (TPSA) is 1110 Å². The van der Waals surface area contributed by atoms with E-state index in [4.69, 9.17) is 140 Å². The van der Waals surface area contributed by atoms with Gasteiger partial charge in [0.2, 0.25) is 41.6 Å². The van der Waals surface area contributed by atoms with Crippen molar-refractivity contribution in [1.82, 2.24) is 0 Å². The summed E-state index contributed by atoms with van der Waals surface area (Å²) in [5.41, 5.74) is 29.1. The van der Waals surface area contributed by atoms with Crippen LogP contribution in [0.1, 0.15) is 25.7 Å². The summed E-state index contributed by atoms with van der Waals surface area (Å²) in [6.07, 6.45) is 4.67. The van der Waals surface area contributed by atoms with E-state index in [2.05, 4.69) is 45.9 Å². The molecule has 0 amide bonds. The third kappa shape index (κ3) is 5480. The molecule has 0 spiro atoms. The van der Waals surface area contributed by atoms with Gasteiger partial charge in [0.25, 0.3) is 0 Å². The normalized spacial score (nSPS) is 9.03. The van der Waals surface area contributed by atoms with Crippen LogP contribution < -0.4 is 45.9 Å². The van der Waals surface area contributed by atoms with Gasteiger partial charge in [-0.1, -0.05) is 0 Å². The maximum absolute atomic E-state index is 8.63. The van der Waals surface area contributed by atoms with Crippen molar-refractivity contribution in [3.05, 3.63) is 0 Å². The van der Waals surface area contributed by atoms with Crippen LogP contribution in [0.5, 0.6) is 0 Å². The Bertz CT molecular complexity index is 1320. The van der Waals surface area contributed by atoms with Gasteiger partial charge in [0, 0.05) is 67.3 Å². The largest absolute Gasteiger partial charge is 2.00 e. The Balaban J connectivity index is -0.0000000177. The van der Waals surface area contributed by atoms with Crippen LogP contribution in [-0.2, 0) is 139 Å². The van der Waals surface area contributed by atoms with Gasteiger partial charge in [-0.15, -0.1) is 0 Å². The number of quaternary nitrogens is 8. The van der Waals surface area contributed by atoms with E-state index >= 15 is 0 Å². The predicted molar refractivity (Wildman–Crippen MR) is 206 cm³/mol. The molecule has 70 heavy (non-hydrogen) atoms. The first kappa shape index (κ1) is 145. The van der Waals surface area contributed by atoms with Crippen LogP contribution in [0.4, 0.5) is 0 Å². The van der Waals surface area contributed by atoms with E-state index in [-0.39, 0.29) is 77.9 Å². The first-order chi connectivity index (χ1) is 25.7. The molecule has 0 bridgehead atoms. The molecule has 0 aromatic carbocycles. The molecule has 0 aromatic heterocycles. The van der Waals surface area contributed by atoms with Crippen LogP contribution in [0.15, 0.2) is 0 Å². The maximum Gasteiger partial charge on any atom is 2.00 e. The summed E-state index contributed by atoms with van der Waals surface area (Å²) in [7, 11) is -40.3. The van der Waals surface area contributed by atoms with Crippen molar-refractivity contribution >= 4 is 83.2 Å². The molecule has 0 unspecified atom stereocenters. The number of hydrogen-bond donors (Lipinski definition) is 12. The van der Waals surface area contributed by atoms with Crippen molar-refractivity contribution in [3.8, 4) is 0 Å². The first-order valence-electron chi connectivity index (χ1n) is 13.4. The van der Waals surface area contributed by atoms with Crippen LogP contribution in [0.3, 0.4) is 0 Å². The molecule has 466 valence electrons. The van der Waals surface area contributed by atoms with E-state index in [1.165, 1.54) is 25.7 Å². The van der Waals surface area contributed by atoms with Crippen LogP contribution in [-0.4, -0.2) is 214 Å². The molecular formula is C12H72Cu2N8O40S8+4. The molecule has 0 fully saturated rings. The third-order valence-electron chi connectivity index (χ3n) is 2.00. The molecular weight excluding hydrogens is 1280 g/mol. The zero-order chi connectivity index (χ0) is 52.5. The van der Waals surface area contributed by atoms with Gasteiger partial charge in [0.05, 0.1) is 52.4 Å². The minimum absolute atomic E-state index is 0. The summed E-state index contributed by atoms with van der Waals surface area (Å²) >= 11 is 0. The molecule has 0 saturated heterocycles. The van der Waals surface area contributed by atoms with Crippen LogP contribution in [0.25, 0.3) is 0 Å². The molecule has 0 aliphatic carbocycles. The summed E-state index contributed by atoms with van der Waals surface area (Å²) in [4.78, 5) is 0. The standard InChI is InChI=1S/4C3H10N2.2Cu.8H2O4S.8H2O/c4*4-2-1-3-5;;;8*1-5(2,3)4;;;;;;;;/h4*1-5H2;;;8*(H2,1,2,3,4);8*1H2/q;;;;2*+2;;;;;;;;;;;;;;;;. The molecule has 0 rings (SSSR count). The van der Waals surface area contributed by atoms with E-state index in [0.29, 0.717) is 0 Å². The van der Waals surface area contributed by atoms with Gasteiger partial charge in [-0.2, -0.15) is 0 Å². The zero-order valence-corrected chi connectivity index (χ0v) is 44.0. The molecule has 0 aliphatic rings. The Morgan fingerprint density at radius 2 is 0.271 bits per heavy atom. The molecule has 58 heteroatoms. The smallest absolute Gasteiger partial charge is 0.759 e. The minimum atomic E-state index is -5.17. The van der Waals surface area contributed by atoms with E-state index in [1.54, 1.807) is 0 Å². The quantitative estimate of drug-likeness (QED) is 0.0465. The Labute approximate surface area is 423 Å². The fourth-order valence-corrected chi connectivity index (χ4v) is 0.707. The second kappa shape index (κ2) is 88.0. The molecule has 2 radical (unpaired) electrons. The van der Waals surface area contributed by atoms with Crippen LogP contribution in [0.2, 0.25) is 0 Å². The van der Waals surface area contributed by atoms with Gasteiger partial charge < -0.3 is 144 Å². The maximum atomic E-state index is 8.63. The summed E-state index contributed by atoms with van der Waals surface area (Å²) in [6, 6.07) is 0. The average Bonchev–Trinajstić information content (AvgIpc) is 2.84. The third-order valence-corrected chi connectivity index (χ3v) is 2.00. The fraction of sp³-hybridized carbons (Fsp3) is 1.00. The first-order valence-corrected chi connectivity index (χ1v) is 24.2. The Kier molecular flexibility index (Phi) is 182. The van der Waals surface area contributed by atoms with Crippen molar-refractivity contribution in [3.63, 3.8) is 0 Å². The van der Waals surface area contributed by atoms with Gasteiger partial charge in [-0.25, -0.2) is 33.7 Å².